The standard InChI is InChI=1S/C19H25N5O3/c1-14-10-17(23(2)22-14)19(26)20-12-18(25)21-16-5-3-4-15(11-16)13-24-6-8-27-9-7-24/h3-5,10-11H,6-9,12-13H2,1-2H3,(H,20,26)(H,21,25). The molecule has 144 valence electrons. The van der Waals surface area contributed by atoms with Gasteiger partial charge in [-0.05, 0) is 30.7 Å². The zero-order chi connectivity index (χ0) is 19.2. The molecule has 0 aliphatic carbocycles. The number of hydrogen-bond donors (Lipinski definition) is 2. The molecule has 0 unspecified atom stereocenters. The van der Waals surface area contributed by atoms with Gasteiger partial charge in [-0.25, -0.2) is 0 Å². The van der Waals surface area contributed by atoms with Gasteiger partial charge < -0.3 is 15.4 Å². The number of rotatable bonds is 6. The van der Waals surface area contributed by atoms with Crippen LogP contribution < -0.4 is 10.6 Å². The SMILES string of the molecule is Cc1cc(C(=O)NCC(=O)Nc2cccc(CN3CCOCC3)c2)n(C)n1. The molecule has 1 fully saturated rings. The van der Waals surface area contributed by atoms with Crippen LogP contribution in [-0.4, -0.2) is 59.3 Å². The lowest BCUT2D eigenvalue weighted by atomic mass is 10.2. The third-order valence-electron chi connectivity index (χ3n) is 4.36. The topological polar surface area (TPSA) is 88.5 Å². The minimum atomic E-state index is -0.325. The number of carbonyl (C=O) groups excluding carboxylic acids is 2. The second-order valence-electron chi connectivity index (χ2n) is 6.61. The number of nitrogens with zero attached hydrogens (tertiary/aromatic N) is 3. The molecule has 3 rings (SSSR count). The summed E-state index contributed by atoms with van der Waals surface area (Å²) in [6.45, 7) is 5.87. The van der Waals surface area contributed by atoms with E-state index in [0.717, 1.165) is 49.8 Å². The van der Waals surface area contributed by atoms with Crippen molar-refractivity contribution in [2.45, 2.75) is 13.5 Å². The van der Waals surface area contributed by atoms with Gasteiger partial charge >= 0.3 is 0 Å². The van der Waals surface area contributed by atoms with Crippen LogP contribution in [0.15, 0.2) is 30.3 Å². The molecule has 2 N–H and O–H groups in total. The Kier molecular flexibility index (Phi) is 6.20. The van der Waals surface area contributed by atoms with E-state index in [1.165, 1.54) is 4.68 Å². The van der Waals surface area contributed by atoms with Gasteiger partial charge in [-0.15, -0.1) is 0 Å². The fourth-order valence-electron chi connectivity index (χ4n) is 3.04. The average Bonchev–Trinajstić information content (AvgIpc) is 2.99. The number of amides is 2. The number of anilines is 1. The van der Waals surface area contributed by atoms with E-state index >= 15 is 0 Å². The summed E-state index contributed by atoms with van der Waals surface area (Å²) in [6.07, 6.45) is 0. The van der Waals surface area contributed by atoms with E-state index in [1.807, 2.05) is 31.2 Å². The van der Waals surface area contributed by atoms with Gasteiger partial charge in [0.1, 0.15) is 5.69 Å². The zero-order valence-corrected chi connectivity index (χ0v) is 15.7. The minimum Gasteiger partial charge on any atom is -0.379 e. The molecule has 8 nitrogen and oxygen atoms in total. The largest absolute Gasteiger partial charge is 0.379 e. The van der Waals surface area contributed by atoms with E-state index in [0.29, 0.717) is 5.69 Å². The Morgan fingerprint density at radius 2 is 2.00 bits per heavy atom. The molecule has 0 bridgehead atoms. The number of nitrogens with one attached hydrogen (secondary N) is 2. The maximum atomic E-state index is 12.2. The van der Waals surface area contributed by atoms with E-state index in [2.05, 4.69) is 20.6 Å². The molecule has 1 aliphatic rings. The fourth-order valence-corrected chi connectivity index (χ4v) is 3.04. The van der Waals surface area contributed by atoms with Gasteiger partial charge in [-0.1, -0.05) is 12.1 Å². The van der Waals surface area contributed by atoms with Crippen molar-refractivity contribution in [3.8, 4) is 0 Å². The van der Waals surface area contributed by atoms with Crippen LogP contribution in [-0.2, 0) is 23.1 Å². The molecular weight excluding hydrogens is 346 g/mol. The Labute approximate surface area is 158 Å². The molecule has 1 aliphatic heterocycles. The van der Waals surface area contributed by atoms with Crippen LogP contribution in [0.1, 0.15) is 21.7 Å². The Bertz CT molecular complexity index is 811. The van der Waals surface area contributed by atoms with Gasteiger partial charge in [-0.2, -0.15) is 5.10 Å². The summed E-state index contributed by atoms with van der Waals surface area (Å²) in [5, 5.41) is 9.57. The summed E-state index contributed by atoms with van der Waals surface area (Å²) in [6, 6.07) is 9.44. The quantitative estimate of drug-likeness (QED) is 0.789. The molecule has 0 saturated carbocycles. The molecular formula is C19H25N5O3. The van der Waals surface area contributed by atoms with E-state index in [1.54, 1.807) is 13.1 Å². The van der Waals surface area contributed by atoms with E-state index in [-0.39, 0.29) is 18.4 Å². The van der Waals surface area contributed by atoms with Crippen LogP contribution in [0.4, 0.5) is 5.69 Å². The lowest BCUT2D eigenvalue weighted by molar-refractivity contribution is -0.115. The average molecular weight is 371 g/mol. The van der Waals surface area contributed by atoms with Crippen molar-refractivity contribution in [2.75, 3.05) is 38.2 Å². The Hall–Kier alpha value is -2.71. The number of aromatic nitrogens is 2. The maximum absolute atomic E-state index is 12.2. The van der Waals surface area contributed by atoms with E-state index in [4.69, 9.17) is 4.74 Å². The van der Waals surface area contributed by atoms with Crippen molar-refractivity contribution in [3.05, 3.63) is 47.3 Å². The molecule has 1 saturated heterocycles. The van der Waals surface area contributed by atoms with Crippen molar-refractivity contribution in [1.82, 2.24) is 20.0 Å². The van der Waals surface area contributed by atoms with Crippen LogP contribution in [0, 0.1) is 6.92 Å². The first kappa shape index (κ1) is 19.1. The Morgan fingerprint density at radius 3 is 2.70 bits per heavy atom. The smallest absolute Gasteiger partial charge is 0.269 e. The summed E-state index contributed by atoms with van der Waals surface area (Å²) in [5.74, 6) is -0.597. The minimum absolute atomic E-state index is 0.100. The fraction of sp³-hybridized carbons (Fsp3) is 0.421. The lowest BCUT2D eigenvalue weighted by Crippen LogP contribution is -2.35. The van der Waals surface area contributed by atoms with Crippen molar-refractivity contribution in [1.29, 1.82) is 0 Å². The number of benzene rings is 1. The highest BCUT2D eigenvalue weighted by atomic mass is 16.5. The van der Waals surface area contributed by atoms with Crippen LogP contribution in [0.2, 0.25) is 0 Å². The number of carbonyl (C=O) groups is 2. The molecule has 1 aromatic heterocycles. The Morgan fingerprint density at radius 1 is 1.22 bits per heavy atom. The molecule has 0 radical (unpaired) electrons. The van der Waals surface area contributed by atoms with Crippen molar-refractivity contribution in [2.24, 2.45) is 7.05 Å². The molecule has 2 heterocycles. The molecule has 2 aromatic rings. The van der Waals surface area contributed by atoms with Crippen molar-refractivity contribution in [3.63, 3.8) is 0 Å². The molecule has 1 aromatic carbocycles. The predicted molar refractivity (Wildman–Crippen MR) is 101 cm³/mol. The molecule has 27 heavy (non-hydrogen) atoms. The van der Waals surface area contributed by atoms with Crippen LogP contribution in [0.5, 0.6) is 0 Å². The highest BCUT2D eigenvalue weighted by Crippen LogP contribution is 2.13. The number of morpholine rings is 1. The third kappa shape index (κ3) is 5.38. The lowest BCUT2D eigenvalue weighted by Gasteiger charge is -2.26. The second kappa shape index (κ2) is 8.79. The first-order chi connectivity index (χ1) is 13.0. The first-order valence-corrected chi connectivity index (χ1v) is 8.99. The summed E-state index contributed by atoms with van der Waals surface area (Å²) < 4.78 is 6.86. The van der Waals surface area contributed by atoms with Gasteiger partial charge in [0.15, 0.2) is 0 Å². The number of ether oxygens (including phenoxy) is 1. The van der Waals surface area contributed by atoms with Crippen LogP contribution in [0.3, 0.4) is 0 Å². The van der Waals surface area contributed by atoms with Gasteiger partial charge in [0.25, 0.3) is 5.91 Å². The summed E-state index contributed by atoms with van der Waals surface area (Å²) in [5.41, 5.74) is 3.03. The second-order valence-corrected chi connectivity index (χ2v) is 6.61. The maximum Gasteiger partial charge on any atom is 0.269 e. The van der Waals surface area contributed by atoms with Gasteiger partial charge in [0.05, 0.1) is 25.5 Å². The Balaban J connectivity index is 1.50. The van der Waals surface area contributed by atoms with Crippen molar-refractivity contribution < 1.29 is 14.3 Å². The van der Waals surface area contributed by atoms with Crippen molar-refractivity contribution >= 4 is 17.5 Å². The molecule has 0 spiro atoms. The highest BCUT2D eigenvalue weighted by Gasteiger charge is 2.14. The molecule has 2 amide bonds. The highest BCUT2D eigenvalue weighted by molar-refractivity contribution is 5.98. The number of hydrogen-bond acceptors (Lipinski definition) is 5. The number of aryl methyl sites for hydroxylation is 2. The van der Waals surface area contributed by atoms with Gasteiger partial charge in [0.2, 0.25) is 5.91 Å². The van der Waals surface area contributed by atoms with Crippen LogP contribution >= 0.6 is 0 Å². The van der Waals surface area contributed by atoms with E-state index in [9.17, 15) is 9.59 Å². The van der Waals surface area contributed by atoms with Crippen LogP contribution in [0.25, 0.3) is 0 Å². The van der Waals surface area contributed by atoms with Gasteiger partial charge in [-0.3, -0.25) is 19.2 Å². The predicted octanol–water partition coefficient (Wildman–Crippen LogP) is 0.929. The normalized spacial score (nSPS) is 14.7. The summed E-state index contributed by atoms with van der Waals surface area (Å²) >= 11 is 0. The van der Waals surface area contributed by atoms with E-state index < -0.39 is 0 Å². The molecule has 8 heteroatoms. The third-order valence-corrected chi connectivity index (χ3v) is 4.36. The summed E-state index contributed by atoms with van der Waals surface area (Å²) in [7, 11) is 1.70. The first-order valence-electron chi connectivity index (χ1n) is 8.99. The zero-order valence-electron chi connectivity index (χ0n) is 15.7. The monoisotopic (exact) mass is 371 g/mol. The summed E-state index contributed by atoms with van der Waals surface area (Å²) in [4.78, 5) is 26.6. The van der Waals surface area contributed by atoms with Gasteiger partial charge in [0, 0.05) is 32.4 Å². The molecule has 0 atom stereocenters.